The van der Waals surface area contributed by atoms with Crippen molar-refractivity contribution in [3.05, 3.63) is 33.8 Å². The number of benzene rings is 1. The van der Waals surface area contributed by atoms with E-state index in [1.165, 1.54) is 38.5 Å². The van der Waals surface area contributed by atoms with Gasteiger partial charge >= 0.3 is 0 Å². The summed E-state index contributed by atoms with van der Waals surface area (Å²) in [5, 5.41) is 1.33. The van der Waals surface area contributed by atoms with Crippen LogP contribution in [0.5, 0.6) is 0 Å². The Morgan fingerprint density at radius 2 is 2.04 bits per heavy atom. The summed E-state index contributed by atoms with van der Waals surface area (Å²) in [7, 11) is 0. The molecule has 0 radical (unpaired) electrons. The Kier molecular flexibility index (Phi) is 5.81. The minimum atomic E-state index is -0.135. The van der Waals surface area contributed by atoms with Gasteiger partial charge < -0.3 is 9.47 Å². The van der Waals surface area contributed by atoms with Gasteiger partial charge in [-0.25, -0.2) is 0 Å². The molecule has 2 bridgehead atoms. The fourth-order valence-electron chi connectivity index (χ4n) is 4.21. The smallest absolute Gasteiger partial charge is 0.0924 e. The Morgan fingerprint density at radius 1 is 1.21 bits per heavy atom. The van der Waals surface area contributed by atoms with E-state index in [-0.39, 0.29) is 17.3 Å². The van der Waals surface area contributed by atoms with Gasteiger partial charge in [0.25, 0.3) is 0 Å². The van der Waals surface area contributed by atoms with Gasteiger partial charge in [-0.2, -0.15) is 0 Å². The van der Waals surface area contributed by atoms with Crippen LogP contribution in [0.4, 0.5) is 0 Å². The predicted molar refractivity (Wildman–Crippen MR) is 99.9 cm³/mol. The van der Waals surface area contributed by atoms with Crippen LogP contribution in [0.1, 0.15) is 70.8 Å². The number of unbranched alkanes of at least 4 members (excludes halogenated alkanes) is 3. The quantitative estimate of drug-likeness (QED) is 0.482. The molecule has 2 aliphatic heterocycles. The lowest BCUT2D eigenvalue weighted by Gasteiger charge is -2.30. The zero-order chi connectivity index (χ0) is 17.2. The highest BCUT2D eigenvalue weighted by atomic mass is 35.5. The van der Waals surface area contributed by atoms with Gasteiger partial charge in [0.05, 0.1) is 23.9 Å². The molecule has 0 aliphatic carbocycles. The summed E-state index contributed by atoms with van der Waals surface area (Å²) in [6.07, 6.45) is 9.79. The third-order valence-corrected chi connectivity index (χ3v) is 6.29. The maximum atomic E-state index is 6.50. The number of rotatable bonds is 8. The van der Waals surface area contributed by atoms with Gasteiger partial charge in [0, 0.05) is 16.5 Å². The second-order valence-corrected chi connectivity index (χ2v) is 8.49. The molecule has 134 valence electrons. The maximum absolute atomic E-state index is 6.50. The van der Waals surface area contributed by atoms with E-state index in [4.69, 9.17) is 32.7 Å². The van der Waals surface area contributed by atoms with Crippen molar-refractivity contribution in [3.8, 4) is 0 Å². The van der Waals surface area contributed by atoms with Crippen molar-refractivity contribution in [2.24, 2.45) is 0 Å². The Bertz CT molecular complexity index is 577. The van der Waals surface area contributed by atoms with Crippen LogP contribution in [-0.2, 0) is 16.1 Å². The van der Waals surface area contributed by atoms with Gasteiger partial charge in [0.2, 0.25) is 0 Å². The summed E-state index contributed by atoms with van der Waals surface area (Å²) in [6.45, 7) is 4.98. The fourth-order valence-corrected chi connectivity index (χ4v) is 4.68. The molecule has 3 atom stereocenters. The summed E-state index contributed by atoms with van der Waals surface area (Å²) in [4.78, 5) is 0. The van der Waals surface area contributed by atoms with Crippen molar-refractivity contribution in [2.45, 2.75) is 89.1 Å². The van der Waals surface area contributed by atoms with Gasteiger partial charge in [-0.15, -0.1) is 0 Å². The molecule has 2 heterocycles. The Balaban J connectivity index is 1.57. The van der Waals surface area contributed by atoms with E-state index >= 15 is 0 Å². The van der Waals surface area contributed by atoms with Crippen LogP contribution < -0.4 is 0 Å². The standard InChI is InChI=1S/C20H28Cl2O2/c1-3-4-5-6-9-20-11-10-19(2,24-20)18(13-20)23-14-15-7-8-16(21)12-17(15)22/h7-8,12,18H,3-6,9-11,13-14H2,1-2H3/t18-,19+,20-/m0/s1. The van der Waals surface area contributed by atoms with Gasteiger partial charge in [-0.05, 0) is 43.9 Å². The van der Waals surface area contributed by atoms with E-state index < -0.39 is 0 Å². The lowest BCUT2D eigenvalue weighted by molar-refractivity contribution is -0.0878. The van der Waals surface area contributed by atoms with Crippen molar-refractivity contribution in [1.82, 2.24) is 0 Å². The van der Waals surface area contributed by atoms with E-state index in [0.717, 1.165) is 18.4 Å². The molecule has 2 nitrogen and oxygen atoms in total. The van der Waals surface area contributed by atoms with Crippen LogP contribution in [0.2, 0.25) is 10.0 Å². The lowest BCUT2D eigenvalue weighted by atomic mass is 9.78. The van der Waals surface area contributed by atoms with Crippen molar-refractivity contribution >= 4 is 23.2 Å². The third kappa shape index (κ3) is 3.93. The number of fused-ring (bicyclic) bond motifs is 2. The topological polar surface area (TPSA) is 18.5 Å². The van der Waals surface area contributed by atoms with Gasteiger partial charge in [0.1, 0.15) is 0 Å². The molecule has 2 fully saturated rings. The average Bonchev–Trinajstić information content (AvgIpc) is 3.02. The van der Waals surface area contributed by atoms with E-state index in [9.17, 15) is 0 Å². The SMILES string of the molecule is CCCCCC[C@@]12CC[C@@](C)(O1)[C@@H](OCc1ccc(Cl)cc1Cl)C2. The summed E-state index contributed by atoms with van der Waals surface area (Å²) in [5.41, 5.74) is 0.907. The molecule has 0 unspecified atom stereocenters. The zero-order valence-electron chi connectivity index (χ0n) is 14.7. The first-order valence-electron chi connectivity index (χ1n) is 9.22. The minimum Gasteiger partial charge on any atom is -0.370 e. The number of ether oxygens (including phenoxy) is 2. The molecule has 1 aromatic rings. The zero-order valence-corrected chi connectivity index (χ0v) is 16.3. The second-order valence-electron chi connectivity index (χ2n) is 7.65. The van der Waals surface area contributed by atoms with E-state index in [2.05, 4.69) is 13.8 Å². The molecule has 0 N–H and O–H groups in total. The summed E-state index contributed by atoms with van der Waals surface area (Å²) >= 11 is 12.2. The molecule has 2 aliphatic rings. The molecular formula is C20H28Cl2O2. The van der Waals surface area contributed by atoms with Gasteiger partial charge in [0.15, 0.2) is 0 Å². The molecule has 2 saturated heterocycles. The minimum absolute atomic E-state index is 0.0525. The van der Waals surface area contributed by atoms with E-state index in [0.29, 0.717) is 16.7 Å². The molecule has 0 spiro atoms. The van der Waals surface area contributed by atoms with Crippen molar-refractivity contribution in [3.63, 3.8) is 0 Å². The van der Waals surface area contributed by atoms with Crippen LogP contribution in [0, 0.1) is 0 Å². The number of hydrogen-bond acceptors (Lipinski definition) is 2. The Morgan fingerprint density at radius 3 is 2.79 bits per heavy atom. The lowest BCUT2D eigenvalue weighted by Crippen LogP contribution is -2.37. The van der Waals surface area contributed by atoms with Crippen molar-refractivity contribution in [2.75, 3.05) is 0 Å². The average molecular weight is 371 g/mol. The van der Waals surface area contributed by atoms with Crippen LogP contribution in [0.3, 0.4) is 0 Å². The molecular weight excluding hydrogens is 343 g/mol. The van der Waals surface area contributed by atoms with E-state index in [1.54, 1.807) is 6.07 Å². The van der Waals surface area contributed by atoms with Crippen LogP contribution >= 0.6 is 23.2 Å². The normalized spacial score (nSPS) is 31.8. The monoisotopic (exact) mass is 370 g/mol. The van der Waals surface area contributed by atoms with Crippen LogP contribution in [0.25, 0.3) is 0 Å². The molecule has 0 amide bonds. The molecule has 24 heavy (non-hydrogen) atoms. The Hall–Kier alpha value is -0.280. The first kappa shape index (κ1) is 18.5. The predicted octanol–water partition coefficient (Wildman–Crippen LogP) is 6.56. The number of hydrogen-bond donors (Lipinski definition) is 0. The fraction of sp³-hybridized carbons (Fsp3) is 0.700. The van der Waals surface area contributed by atoms with Gasteiger partial charge in [-0.1, -0.05) is 61.9 Å². The summed E-state index contributed by atoms with van der Waals surface area (Å²) in [5.74, 6) is 0. The summed E-state index contributed by atoms with van der Waals surface area (Å²) in [6, 6.07) is 5.58. The van der Waals surface area contributed by atoms with Crippen molar-refractivity contribution in [1.29, 1.82) is 0 Å². The molecule has 0 aromatic heterocycles. The van der Waals surface area contributed by atoms with Crippen molar-refractivity contribution < 1.29 is 9.47 Å². The summed E-state index contributed by atoms with van der Waals surface area (Å²) < 4.78 is 12.7. The first-order chi connectivity index (χ1) is 11.5. The molecule has 4 heteroatoms. The third-order valence-electron chi connectivity index (χ3n) is 5.71. The molecule has 3 rings (SSSR count). The Labute approximate surface area is 155 Å². The highest BCUT2D eigenvalue weighted by Gasteiger charge is 2.59. The highest BCUT2D eigenvalue weighted by Crippen LogP contribution is 2.54. The van der Waals surface area contributed by atoms with Crippen LogP contribution in [0.15, 0.2) is 18.2 Å². The maximum Gasteiger partial charge on any atom is 0.0924 e. The molecule has 0 saturated carbocycles. The van der Waals surface area contributed by atoms with Crippen LogP contribution in [-0.4, -0.2) is 17.3 Å². The number of halogens is 2. The van der Waals surface area contributed by atoms with Gasteiger partial charge in [-0.3, -0.25) is 0 Å². The molecule has 1 aromatic carbocycles. The first-order valence-corrected chi connectivity index (χ1v) is 9.98. The largest absolute Gasteiger partial charge is 0.370 e. The highest BCUT2D eigenvalue weighted by molar-refractivity contribution is 6.35. The van der Waals surface area contributed by atoms with E-state index in [1.807, 2.05) is 12.1 Å². The second kappa shape index (κ2) is 7.53.